The highest BCUT2D eigenvalue weighted by Gasteiger charge is 2.40. The van der Waals surface area contributed by atoms with Crippen LogP contribution >= 0.6 is 0 Å². The molecule has 2 saturated carbocycles. The molecule has 0 bridgehead atoms. The van der Waals surface area contributed by atoms with E-state index in [0.29, 0.717) is 18.0 Å². The molecule has 2 aliphatic rings. The van der Waals surface area contributed by atoms with Crippen molar-refractivity contribution in [2.75, 3.05) is 0 Å². The molecular weight excluding hydrogens is 394 g/mol. The second-order valence-corrected chi connectivity index (χ2v) is 11.7. The minimum absolute atomic E-state index is 0.0598. The van der Waals surface area contributed by atoms with Gasteiger partial charge in [-0.1, -0.05) is 48.9 Å². The van der Waals surface area contributed by atoms with E-state index in [4.69, 9.17) is 4.74 Å². The molecule has 2 aliphatic carbocycles. The summed E-state index contributed by atoms with van der Waals surface area (Å²) >= 11 is 0. The van der Waals surface area contributed by atoms with Gasteiger partial charge >= 0.3 is 5.97 Å². The Labute approximate surface area is 196 Å². The Bertz CT molecular complexity index is 766. The topological polar surface area (TPSA) is 38.3 Å². The van der Waals surface area contributed by atoms with Crippen molar-refractivity contribution in [3.8, 4) is 0 Å². The predicted molar refractivity (Wildman–Crippen MR) is 134 cm³/mol. The van der Waals surface area contributed by atoms with Gasteiger partial charge in [0.15, 0.2) is 0 Å². The van der Waals surface area contributed by atoms with Crippen LogP contribution in [0, 0.1) is 17.3 Å². The number of hydrogen-bond acceptors (Lipinski definition) is 3. The van der Waals surface area contributed by atoms with Crippen molar-refractivity contribution < 1.29 is 9.53 Å². The summed E-state index contributed by atoms with van der Waals surface area (Å²) in [6.07, 6.45) is 12.0. The quantitative estimate of drug-likeness (QED) is 0.415. The largest absolute Gasteiger partial charge is 0.460 e. The molecule has 2 fully saturated rings. The molecule has 0 amide bonds. The molecule has 0 aromatic heterocycles. The van der Waals surface area contributed by atoms with E-state index in [1.807, 2.05) is 34.6 Å². The van der Waals surface area contributed by atoms with Crippen LogP contribution < -0.4 is 5.32 Å². The van der Waals surface area contributed by atoms with Crippen molar-refractivity contribution in [2.45, 2.75) is 111 Å². The second kappa shape index (κ2) is 10.5. The minimum atomic E-state index is -0.410. The van der Waals surface area contributed by atoms with E-state index >= 15 is 0 Å². The monoisotopic (exact) mass is 439 g/mol. The third-order valence-corrected chi connectivity index (χ3v) is 7.25. The molecule has 0 radical (unpaired) electrons. The first kappa shape index (κ1) is 25.0. The van der Waals surface area contributed by atoms with Crippen LogP contribution in [0.5, 0.6) is 0 Å². The van der Waals surface area contributed by atoms with Crippen molar-refractivity contribution in [1.82, 2.24) is 5.32 Å². The molecule has 0 aliphatic heterocycles. The van der Waals surface area contributed by atoms with Gasteiger partial charge in [-0.05, 0) is 103 Å². The zero-order valence-corrected chi connectivity index (χ0v) is 21.2. The second-order valence-electron chi connectivity index (χ2n) is 11.7. The van der Waals surface area contributed by atoms with Crippen molar-refractivity contribution in [3.05, 3.63) is 41.5 Å². The van der Waals surface area contributed by atoms with Gasteiger partial charge < -0.3 is 10.1 Å². The molecule has 178 valence electrons. The molecule has 1 aromatic rings. The lowest BCUT2D eigenvalue weighted by Crippen LogP contribution is -2.36. The summed E-state index contributed by atoms with van der Waals surface area (Å²) in [5.41, 5.74) is 2.11. The van der Waals surface area contributed by atoms with E-state index in [2.05, 4.69) is 48.6 Å². The lowest BCUT2D eigenvalue weighted by molar-refractivity contribution is -0.166. The van der Waals surface area contributed by atoms with Gasteiger partial charge in [-0.15, -0.1) is 0 Å². The van der Waals surface area contributed by atoms with E-state index in [1.165, 1.54) is 37.7 Å². The SMILES string of the molecule is CC/C(=C\c1ccccc1)[C@H]1C[C@@H]1NC1CCC(CCC(C)(C)C(=O)OC(C)(C)C)CC1. The molecular formula is C29H45NO2. The fraction of sp³-hybridized carbons (Fsp3) is 0.690. The van der Waals surface area contributed by atoms with E-state index in [-0.39, 0.29) is 5.97 Å². The molecule has 1 N–H and O–H groups in total. The zero-order chi connectivity index (χ0) is 23.4. The molecule has 0 spiro atoms. The van der Waals surface area contributed by atoms with Gasteiger partial charge in [0.25, 0.3) is 0 Å². The maximum atomic E-state index is 12.5. The lowest BCUT2D eigenvalue weighted by atomic mass is 9.78. The van der Waals surface area contributed by atoms with Crippen molar-refractivity contribution >= 4 is 12.0 Å². The number of rotatable bonds is 9. The van der Waals surface area contributed by atoms with Gasteiger partial charge in [0.1, 0.15) is 5.60 Å². The summed E-state index contributed by atoms with van der Waals surface area (Å²) < 4.78 is 5.63. The Morgan fingerprint density at radius 3 is 2.31 bits per heavy atom. The van der Waals surface area contributed by atoms with Gasteiger partial charge in [-0.3, -0.25) is 4.79 Å². The number of esters is 1. The van der Waals surface area contributed by atoms with Gasteiger partial charge in [-0.2, -0.15) is 0 Å². The van der Waals surface area contributed by atoms with Crippen LogP contribution in [0.1, 0.15) is 98.5 Å². The summed E-state index contributed by atoms with van der Waals surface area (Å²) in [6, 6.07) is 12.0. The summed E-state index contributed by atoms with van der Waals surface area (Å²) in [7, 11) is 0. The van der Waals surface area contributed by atoms with Crippen LogP contribution in [-0.4, -0.2) is 23.7 Å². The maximum absolute atomic E-state index is 12.5. The van der Waals surface area contributed by atoms with Crippen molar-refractivity contribution in [1.29, 1.82) is 0 Å². The number of carbonyl (C=O) groups excluding carboxylic acids is 1. The number of carbonyl (C=O) groups is 1. The zero-order valence-electron chi connectivity index (χ0n) is 21.2. The van der Waals surface area contributed by atoms with Crippen LogP contribution in [0.15, 0.2) is 35.9 Å². The van der Waals surface area contributed by atoms with Crippen LogP contribution in [0.3, 0.4) is 0 Å². The molecule has 0 unspecified atom stereocenters. The van der Waals surface area contributed by atoms with Gasteiger partial charge in [0, 0.05) is 12.1 Å². The Kier molecular flexibility index (Phi) is 8.25. The molecule has 0 saturated heterocycles. The summed E-state index contributed by atoms with van der Waals surface area (Å²) in [5, 5.41) is 3.97. The molecule has 1 aromatic carbocycles. The first-order valence-corrected chi connectivity index (χ1v) is 12.8. The van der Waals surface area contributed by atoms with Crippen LogP contribution in [0.2, 0.25) is 0 Å². The van der Waals surface area contributed by atoms with E-state index in [1.54, 1.807) is 5.57 Å². The third-order valence-electron chi connectivity index (χ3n) is 7.25. The third kappa shape index (κ3) is 7.47. The Balaban J connectivity index is 1.39. The molecule has 32 heavy (non-hydrogen) atoms. The highest BCUT2D eigenvalue weighted by atomic mass is 16.6. The van der Waals surface area contributed by atoms with Gasteiger partial charge in [0.2, 0.25) is 0 Å². The minimum Gasteiger partial charge on any atom is -0.460 e. The number of ether oxygens (including phenoxy) is 1. The van der Waals surface area contributed by atoms with Gasteiger partial charge in [-0.25, -0.2) is 0 Å². The molecule has 3 nitrogen and oxygen atoms in total. The fourth-order valence-electron chi connectivity index (χ4n) is 5.03. The predicted octanol–water partition coefficient (Wildman–Crippen LogP) is 7.17. The van der Waals surface area contributed by atoms with E-state index < -0.39 is 11.0 Å². The first-order chi connectivity index (χ1) is 15.1. The van der Waals surface area contributed by atoms with Crippen LogP contribution in [0.25, 0.3) is 6.08 Å². The maximum Gasteiger partial charge on any atom is 0.312 e. The average molecular weight is 440 g/mol. The molecule has 2 atom stereocenters. The summed E-state index contributed by atoms with van der Waals surface area (Å²) in [4.78, 5) is 12.5. The van der Waals surface area contributed by atoms with Crippen molar-refractivity contribution in [2.24, 2.45) is 17.3 Å². The van der Waals surface area contributed by atoms with Crippen LogP contribution in [-0.2, 0) is 9.53 Å². The van der Waals surface area contributed by atoms with Gasteiger partial charge in [0.05, 0.1) is 5.41 Å². The average Bonchev–Trinajstić information content (AvgIpc) is 3.50. The Morgan fingerprint density at radius 1 is 1.06 bits per heavy atom. The number of hydrogen-bond donors (Lipinski definition) is 1. The van der Waals surface area contributed by atoms with E-state index in [9.17, 15) is 4.79 Å². The number of benzene rings is 1. The standard InChI is InChI=1S/C29H45NO2/c1-7-23(19-22-11-9-8-10-12-22)25-20-26(25)30-24-15-13-21(14-16-24)17-18-29(5,6)27(31)32-28(2,3)4/h8-12,19,21,24-26,30H,7,13-18,20H2,1-6H3/b23-19+/t21?,24?,25-,26+/m1/s1. The Morgan fingerprint density at radius 2 is 1.72 bits per heavy atom. The molecule has 3 heteroatoms. The Hall–Kier alpha value is -1.61. The highest BCUT2D eigenvalue weighted by molar-refractivity contribution is 5.76. The van der Waals surface area contributed by atoms with E-state index in [0.717, 1.165) is 25.2 Å². The first-order valence-electron chi connectivity index (χ1n) is 12.8. The molecule has 3 rings (SSSR count). The molecule has 0 heterocycles. The summed E-state index contributed by atoms with van der Waals surface area (Å²) in [5.74, 6) is 1.40. The fourth-order valence-corrected chi connectivity index (χ4v) is 5.03. The smallest absolute Gasteiger partial charge is 0.312 e. The number of nitrogens with one attached hydrogen (secondary N) is 1. The normalized spacial score (nSPS) is 26.6. The van der Waals surface area contributed by atoms with Crippen molar-refractivity contribution in [3.63, 3.8) is 0 Å². The van der Waals surface area contributed by atoms with Crippen LogP contribution in [0.4, 0.5) is 0 Å². The highest BCUT2D eigenvalue weighted by Crippen LogP contribution is 2.41. The lowest BCUT2D eigenvalue weighted by Gasteiger charge is -2.32. The summed E-state index contributed by atoms with van der Waals surface area (Å²) in [6.45, 7) is 12.2.